The van der Waals surface area contributed by atoms with Crippen LogP contribution >= 0.6 is 0 Å². The number of hydrogen-bond acceptors (Lipinski definition) is 2. The van der Waals surface area contributed by atoms with Gasteiger partial charge in [-0.15, -0.1) is 0 Å². The predicted molar refractivity (Wildman–Crippen MR) is 90.5 cm³/mol. The smallest absolute Gasteiger partial charge is 0.0561 e. The first kappa shape index (κ1) is 13.4. The number of allylic oxidation sites excluding steroid dienone is 4. The average Bonchev–Trinajstić information content (AvgIpc) is 2.95. The van der Waals surface area contributed by atoms with Crippen molar-refractivity contribution in [3.63, 3.8) is 0 Å². The molecule has 0 aliphatic heterocycles. The van der Waals surface area contributed by atoms with Crippen LogP contribution in [0.15, 0.2) is 77.4 Å². The number of nitrogens with zero attached hydrogens (tertiary/aromatic N) is 1. The molecule has 104 valence electrons. The zero-order chi connectivity index (χ0) is 14.5. The maximum absolute atomic E-state index is 4.35. The van der Waals surface area contributed by atoms with Crippen LogP contribution in [-0.4, -0.2) is 6.21 Å². The maximum atomic E-state index is 4.35. The minimum absolute atomic E-state index is 0.990. The van der Waals surface area contributed by atoms with Crippen LogP contribution in [0, 0.1) is 0 Å². The molecule has 0 aromatic heterocycles. The van der Waals surface area contributed by atoms with E-state index in [1.807, 2.05) is 42.6 Å². The molecule has 1 aliphatic rings. The van der Waals surface area contributed by atoms with Gasteiger partial charge in [0.1, 0.15) is 0 Å². The molecule has 1 aliphatic carbocycles. The lowest BCUT2D eigenvalue weighted by atomic mass is 9.97. The summed E-state index contributed by atoms with van der Waals surface area (Å²) in [6.45, 7) is 2.16. The number of nitrogens with one attached hydrogen (secondary N) is 1. The number of para-hydroxylation sites is 1. The average molecular weight is 274 g/mol. The van der Waals surface area contributed by atoms with Gasteiger partial charge in [0.25, 0.3) is 0 Å². The van der Waals surface area contributed by atoms with E-state index >= 15 is 0 Å². The van der Waals surface area contributed by atoms with E-state index in [0.29, 0.717) is 0 Å². The van der Waals surface area contributed by atoms with Gasteiger partial charge in [-0.05, 0) is 42.2 Å². The molecule has 0 amide bonds. The summed E-state index contributed by atoms with van der Waals surface area (Å²) in [6.07, 6.45) is 7.29. The van der Waals surface area contributed by atoms with Crippen LogP contribution in [0.3, 0.4) is 0 Å². The van der Waals surface area contributed by atoms with E-state index in [4.69, 9.17) is 0 Å². The summed E-state index contributed by atoms with van der Waals surface area (Å²) in [5, 5.41) is 4.35. The molecule has 0 bridgehead atoms. The van der Waals surface area contributed by atoms with Gasteiger partial charge in [-0.3, -0.25) is 5.43 Å². The van der Waals surface area contributed by atoms with Gasteiger partial charge >= 0.3 is 0 Å². The Hall–Kier alpha value is -2.61. The molecule has 0 saturated heterocycles. The lowest BCUT2D eigenvalue weighted by molar-refractivity contribution is 1.34. The van der Waals surface area contributed by atoms with E-state index in [-0.39, 0.29) is 0 Å². The molecule has 0 atom stereocenters. The van der Waals surface area contributed by atoms with Crippen LogP contribution in [-0.2, 0) is 0 Å². The fourth-order valence-corrected chi connectivity index (χ4v) is 2.51. The molecule has 0 spiro atoms. The Morgan fingerprint density at radius 1 is 1.00 bits per heavy atom. The highest BCUT2D eigenvalue weighted by Crippen LogP contribution is 2.30. The topological polar surface area (TPSA) is 24.4 Å². The molecule has 0 radical (unpaired) electrons. The standard InChI is InChI=1S/C19H18N2/c1-15-8-7-13-18(15)19-12-6-5-9-16(19)14-20-21-17-10-3-2-4-11-17/h2-12,14,21H,13H2,1H3. The van der Waals surface area contributed by atoms with Crippen molar-refractivity contribution in [3.8, 4) is 0 Å². The molecule has 2 aromatic carbocycles. The molecule has 2 nitrogen and oxygen atoms in total. The molecule has 0 heterocycles. The van der Waals surface area contributed by atoms with Crippen LogP contribution in [0.1, 0.15) is 24.5 Å². The van der Waals surface area contributed by atoms with Gasteiger partial charge in [0, 0.05) is 5.56 Å². The van der Waals surface area contributed by atoms with Crippen LogP contribution in [0.2, 0.25) is 0 Å². The molecule has 1 N–H and O–H groups in total. The van der Waals surface area contributed by atoms with E-state index in [1.165, 1.54) is 16.7 Å². The first-order valence-electron chi connectivity index (χ1n) is 7.14. The fourth-order valence-electron chi connectivity index (χ4n) is 2.51. The van der Waals surface area contributed by atoms with Gasteiger partial charge in [-0.2, -0.15) is 5.10 Å². The van der Waals surface area contributed by atoms with E-state index in [9.17, 15) is 0 Å². The third-order valence-corrected chi connectivity index (χ3v) is 3.62. The Kier molecular flexibility index (Phi) is 3.97. The van der Waals surface area contributed by atoms with Gasteiger partial charge in [-0.25, -0.2) is 0 Å². The SMILES string of the molecule is CC1=C(c2ccccc2C=NNc2ccccc2)CC=C1. The van der Waals surface area contributed by atoms with Crippen LogP contribution < -0.4 is 5.43 Å². The Bertz CT molecular complexity index is 709. The van der Waals surface area contributed by atoms with E-state index in [1.54, 1.807) is 0 Å². The van der Waals surface area contributed by atoms with E-state index < -0.39 is 0 Å². The molecule has 2 heteroatoms. The molecule has 2 aromatic rings. The Morgan fingerprint density at radius 2 is 1.76 bits per heavy atom. The zero-order valence-electron chi connectivity index (χ0n) is 12.1. The van der Waals surface area contributed by atoms with Crippen LogP contribution in [0.25, 0.3) is 5.57 Å². The second-order valence-electron chi connectivity index (χ2n) is 5.09. The Labute approximate surface area is 125 Å². The molecular formula is C19H18N2. The number of rotatable bonds is 4. The number of hydrogen-bond donors (Lipinski definition) is 1. The first-order chi connectivity index (χ1) is 10.3. The van der Waals surface area contributed by atoms with E-state index in [0.717, 1.165) is 17.7 Å². The highest BCUT2D eigenvalue weighted by atomic mass is 15.3. The fraction of sp³-hybridized carbons (Fsp3) is 0.105. The highest BCUT2D eigenvalue weighted by Gasteiger charge is 2.10. The lowest BCUT2D eigenvalue weighted by Gasteiger charge is -2.08. The van der Waals surface area contributed by atoms with Gasteiger partial charge in [0.15, 0.2) is 0 Å². The van der Waals surface area contributed by atoms with Crippen molar-refractivity contribution in [2.75, 3.05) is 5.43 Å². The lowest BCUT2D eigenvalue weighted by Crippen LogP contribution is -1.95. The molecule has 0 saturated carbocycles. The molecular weight excluding hydrogens is 256 g/mol. The minimum Gasteiger partial charge on any atom is -0.279 e. The van der Waals surface area contributed by atoms with Gasteiger partial charge in [0.05, 0.1) is 11.9 Å². The first-order valence-corrected chi connectivity index (χ1v) is 7.14. The van der Waals surface area contributed by atoms with Crippen molar-refractivity contribution in [2.45, 2.75) is 13.3 Å². The summed E-state index contributed by atoms with van der Waals surface area (Å²) >= 11 is 0. The number of benzene rings is 2. The zero-order valence-corrected chi connectivity index (χ0v) is 12.1. The largest absolute Gasteiger partial charge is 0.279 e. The quantitative estimate of drug-likeness (QED) is 0.624. The van der Waals surface area contributed by atoms with Crippen molar-refractivity contribution in [1.82, 2.24) is 0 Å². The highest BCUT2D eigenvalue weighted by molar-refractivity contribution is 5.90. The summed E-state index contributed by atoms with van der Waals surface area (Å²) in [6, 6.07) is 18.4. The normalized spacial score (nSPS) is 14.1. The molecule has 0 unspecified atom stereocenters. The second-order valence-corrected chi connectivity index (χ2v) is 5.09. The number of hydrazone groups is 1. The Balaban J connectivity index is 1.82. The second kappa shape index (κ2) is 6.23. The number of anilines is 1. The van der Waals surface area contributed by atoms with Crippen molar-refractivity contribution >= 4 is 17.5 Å². The Morgan fingerprint density at radius 3 is 2.52 bits per heavy atom. The van der Waals surface area contributed by atoms with Crippen molar-refractivity contribution < 1.29 is 0 Å². The third-order valence-electron chi connectivity index (χ3n) is 3.62. The minimum atomic E-state index is 0.990. The van der Waals surface area contributed by atoms with Crippen LogP contribution in [0.4, 0.5) is 5.69 Å². The van der Waals surface area contributed by atoms with Crippen molar-refractivity contribution in [1.29, 1.82) is 0 Å². The van der Waals surface area contributed by atoms with Gasteiger partial charge in [-0.1, -0.05) is 54.6 Å². The summed E-state index contributed by atoms with van der Waals surface area (Å²) in [5.74, 6) is 0. The predicted octanol–water partition coefficient (Wildman–Crippen LogP) is 4.87. The molecule has 3 rings (SSSR count). The summed E-state index contributed by atoms with van der Waals surface area (Å²) in [4.78, 5) is 0. The summed E-state index contributed by atoms with van der Waals surface area (Å²) in [5.41, 5.74) is 9.18. The third kappa shape index (κ3) is 3.11. The molecule has 21 heavy (non-hydrogen) atoms. The maximum Gasteiger partial charge on any atom is 0.0561 e. The van der Waals surface area contributed by atoms with Crippen molar-refractivity contribution in [3.05, 3.63) is 83.4 Å². The van der Waals surface area contributed by atoms with Gasteiger partial charge in [0.2, 0.25) is 0 Å². The summed E-state index contributed by atoms with van der Waals surface area (Å²) in [7, 11) is 0. The van der Waals surface area contributed by atoms with Crippen LogP contribution in [0.5, 0.6) is 0 Å². The molecule has 0 fully saturated rings. The monoisotopic (exact) mass is 274 g/mol. The van der Waals surface area contributed by atoms with E-state index in [2.05, 4.69) is 47.8 Å². The van der Waals surface area contributed by atoms with Crippen molar-refractivity contribution in [2.24, 2.45) is 5.10 Å². The van der Waals surface area contributed by atoms with Gasteiger partial charge < -0.3 is 0 Å². The summed E-state index contributed by atoms with van der Waals surface area (Å²) < 4.78 is 0.